The minimum atomic E-state index is 0.0578. The fraction of sp³-hybridized carbons (Fsp3) is 0.250. The molecule has 0 saturated heterocycles. The quantitative estimate of drug-likeness (QED) is 0.911. The molecule has 2 aromatic rings. The maximum absolute atomic E-state index is 9.15. The Kier molecular flexibility index (Phi) is 4.07. The van der Waals surface area contributed by atoms with Crippen molar-refractivity contribution in [2.24, 2.45) is 0 Å². The third-order valence-electron chi connectivity index (χ3n) is 3.05. The van der Waals surface area contributed by atoms with Gasteiger partial charge in [0.1, 0.15) is 11.5 Å². The molecule has 19 heavy (non-hydrogen) atoms. The molecular weight excluding hydrogens is 238 g/mol. The van der Waals surface area contributed by atoms with Crippen LogP contribution < -0.4 is 9.64 Å². The summed E-state index contributed by atoms with van der Waals surface area (Å²) in [5.74, 6) is 1.59. The topological polar surface area (TPSA) is 32.7 Å². The first-order valence-electron chi connectivity index (χ1n) is 6.26. The molecule has 0 aromatic heterocycles. The van der Waals surface area contributed by atoms with Crippen LogP contribution in [0.3, 0.4) is 0 Å². The van der Waals surface area contributed by atoms with Gasteiger partial charge in [-0.2, -0.15) is 0 Å². The lowest BCUT2D eigenvalue weighted by molar-refractivity contribution is 0.281. The van der Waals surface area contributed by atoms with Gasteiger partial charge in [-0.3, -0.25) is 0 Å². The first kappa shape index (κ1) is 13.4. The molecule has 2 aromatic carbocycles. The van der Waals surface area contributed by atoms with Gasteiger partial charge in [0.2, 0.25) is 0 Å². The number of rotatable bonds is 4. The highest BCUT2D eigenvalue weighted by atomic mass is 16.5. The van der Waals surface area contributed by atoms with Crippen molar-refractivity contribution in [1.29, 1.82) is 0 Å². The zero-order valence-electron chi connectivity index (χ0n) is 11.6. The van der Waals surface area contributed by atoms with Crippen LogP contribution in [0.15, 0.2) is 42.5 Å². The third kappa shape index (κ3) is 3.26. The molecule has 3 nitrogen and oxygen atoms in total. The van der Waals surface area contributed by atoms with Gasteiger partial charge in [-0.15, -0.1) is 0 Å². The molecule has 0 aliphatic carbocycles. The highest BCUT2D eigenvalue weighted by Crippen LogP contribution is 2.26. The van der Waals surface area contributed by atoms with Crippen molar-refractivity contribution in [2.45, 2.75) is 13.5 Å². The number of anilines is 1. The zero-order chi connectivity index (χ0) is 13.8. The summed E-state index contributed by atoms with van der Waals surface area (Å²) in [7, 11) is 4.00. The molecule has 0 unspecified atom stereocenters. The van der Waals surface area contributed by atoms with E-state index in [9.17, 15) is 0 Å². The summed E-state index contributed by atoms with van der Waals surface area (Å²) in [6.45, 7) is 2.02. The summed E-state index contributed by atoms with van der Waals surface area (Å²) in [5.41, 5.74) is 3.05. The number of ether oxygens (including phenoxy) is 1. The first-order chi connectivity index (χ1) is 9.10. The zero-order valence-corrected chi connectivity index (χ0v) is 11.6. The summed E-state index contributed by atoms with van der Waals surface area (Å²) in [6.07, 6.45) is 0. The van der Waals surface area contributed by atoms with Crippen molar-refractivity contribution in [3.05, 3.63) is 53.6 Å². The predicted molar refractivity (Wildman–Crippen MR) is 77.9 cm³/mol. The second kappa shape index (κ2) is 5.76. The highest BCUT2D eigenvalue weighted by molar-refractivity contribution is 5.50. The molecule has 0 aliphatic rings. The largest absolute Gasteiger partial charge is 0.457 e. The smallest absolute Gasteiger partial charge is 0.129 e. The molecule has 3 heteroatoms. The Labute approximate surface area is 114 Å². The lowest BCUT2D eigenvalue weighted by atomic mass is 10.1. The van der Waals surface area contributed by atoms with Gasteiger partial charge in [-0.25, -0.2) is 0 Å². The van der Waals surface area contributed by atoms with Crippen LogP contribution in [0.5, 0.6) is 11.5 Å². The molecule has 100 valence electrons. The minimum absolute atomic E-state index is 0.0578. The number of nitrogens with zero attached hydrogens (tertiary/aromatic N) is 1. The van der Waals surface area contributed by atoms with Crippen LogP contribution in [0.1, 0.15) is 11.1 Å². The fourth-order valence-electron chi connectivity index (χ4n) is 1.87. The third-order valence-corrected chi connectivity index (χ3v) is 3.05. The van der Waals surface area contributed by atoms with Gasteiger partial charge < -0.3 is 14.7 Å². The predicted octanol–water partition coefficient (Wildman–Crippen LogP) is 3.35. The Hall–Kier alpha value is -2.00. The van der Waals surface area contributed by atoms with Crippen LogP contribution in [0, 0.1) is 6.92 Å². The number of aliphatic hydroxyl groups is 1. The van der Waals surface area contributed by atoms with Crippen LogP contribution in [-0.4, -0.2) is 19.2 Å². The Balaban J connectivity index is 2.21. The van der Waals surface area contributed by atoms with E-state index >= 15 is 0 Å². The molecule has 0 atom stereocenters. The first-order valence-corrected chi connectivity index (χ1v) is 6.26. The molecular formula is C16H19NO2. The van der Waals surface area contributed by atoms with Gasteiger partial charge in [0.05, 0.1) is 6.61 Å². The summed E-state index contributed by atoms with van der Waals surface area (Å²) in [6, 6.07) is 13.6. The van der Waals surface area contributed by atoms with E-state index in [2.05, 4.69) is 0 Å². The van der Waals surface area contributed by atoms with Crippen molar-refractivity contribution in [1.82, 2.24) is 0 Å². The lowest BCUT2D eigenvalue weighted by Crippen LogP contribution is -2.08. The average molecular weight is 257 g/mol. The van der Waals surface area contributed by atoms with E-state index in [0.29, 0.717) is 0 Å². The molecule has 0 bridgehead atoms. The van der Waals surface area contributed by atoms with Gasteiger partial charge in [0.15, 0.2) is 0 Å². The Morgan fingerprint density at radius 1 is 1.05 bits per heavy atom. The Morgan fingerprint density at radius 2 is 1.79 bits per heavy atom. The second-order valence-electron chi connectivity index (χ2n) is 4.74. The number of hydrogen-bond donors (Lipinski definition) is 1. The van der Waals surface area contributed by atoms with Crippen molar-refractivity contribution in [3.8, 4) is 11.5 Å². The van der Waals surface area contributed by atoms with Crippen LogP contribution in [0.25, 0.3) is 0 Å². The normalized spacial score (nSPS) is 10.3. The summed E-state index contributed by atoms with van der Waals surface area (Å²) in [4.78, 5) is 2.03. The fourth-order valence-corrected chi connectivity index (χ4v) is 1.87. The summed E-state index contributed by atoms with van der Waals surface area (Å²) >= 11 is 0. The van der Waals surface area contributed by atoms with E-state index in [0.717, 1.165) is 28.3 Å². The van der Waals surface area contributed by atoms with Crippen molar-refractivity contribution >= 4 is 5.69 Å². The molecule has 0 spiro atoms. The molecule has 0 heterocycles. The van der Waals surface area contributed by atoms with Gasteiger partial charge in [-0.05, 0) is 42.3 Å². The van der Waals surface area contributed by atoms with E-state index in [1.807, 2.05) is 68.4 Å². The molecule has 0 saturated carbocycles. The number of benzene rings is 2. The average Bonchev–Trinajstić information content (AvgIpc) is 2.39. The molecule has 2 rings (SSSR count). The molecule has 0 aliphatic heterocycles. The van der Waals surface area contributed by atoms with Gasteiger partial charge in [0.25, 0.3) is 0 Å². The van der Waals surface area contributed by atoms with E-state index in [4.69, 9.17) is 9.84 Å². The number of hydrogen-bond acceptors (Lipinski definition) is 3. The van der Waals surface area contributed by atoms with E-state index < -0.39 is 0 Å². The highest BCUT2D eigenvalue weighted by Gasteiger charge is 2.03. The lowest BCUT2D eigenvalue weighted by Gasteiger charge is -2.14. The van der Waals surface area contributed by atoms with Crippen LogP contribution >= 0.6 is 0 Å². The second-order valence-corrected chi connectivity index (χ2v) is 4.74. The van der Waals surface area contributed by atoms with Crippen molar-refractivity contribution < 1.29 is 9.84 Å². The van der Waals surface area contributed by atoms with Gasteiger partial charge in [0, 0.05) is 25.8 Å². The molecule has 0 amide bonds. The summed E-state index contributed by atoms with van der Waals surface area (Å²) < 4.78 is 5.84. The van der Waals surface area contributed by atoms with Crippen molar-refractivity contribution in [3.63, 3.8) is 0 Å². The Morgan fingerprint density at radius 3 is 2.42 bits per heavy atom. The maximum Gasteiger partial charge on any atom is 0.129 e. The minimum Gasteiger partial charge on any atom is -0.457 e. The van der Waals surface area contributed by atoms with E-state index in [1.165, 1.54) is 0 Å². The Bertz CT molecular complexity index is 564. The summed E-state index contributed by atoms with van der Waals surface area (Å²) in [5, 5.41) is 9.15. The van der Waals surface area contributed by atoms with Crippen molar-refractivity contribution in [2.75, 3.05) is 19.0 Å². The molecule has 0 radical (unpaired) electrons. The van der Waals surface area contributed by atoms with Crippen LogP contribution in [0.4, 0.5) is 5.69 Å². The van der Waals surface area contributed by atoms with Gasteiger partial charge >= 0.3 is 0 Å². The molecule has 1 N–H and O–H groups in total. The van der Waals surface area contributed by atoms with E-state index in [1.54, 1.807) is 0 Å². The standard InChI is InChI=1S/C16H19NO2/c1-12-9-16(8-7-13(12)11-18)19-15-6-4-5-14(10-15)17(2)3/h4-10,18H,11H2,1-3H3. The molecule has 0 fully saturated rings. The van der Waals surface area contributed by atoms with Crippen LogP contribution in [-0.2, 0) is 6.61 Å². The SMILES string of the molecule is Cc1cc(Oc2cccc(N(C)C)c2)ccc1CO. The number of aliphatic hydroxyl groups excluding tert-OH is 1. The number of aryl methyl sites for hydroxylation is 1. The van der Waals surface area contributed by atoms with Gasteiger partial charge in [-0.1, -0.05) is 12.1 Å². The van der Waals surface area contributed by atoms with Crippen LogP contribution in [0.2, 0.25) is 0 Å². The van der Waals surface area contributed by atoms with E-state index in [-0.39, 0.29) is 6.61 Å². The monoisotopic (exact) mass is 257 g/mol. The maximum atomic E-state index is 9.15.